The maximum Gasteiger partial charge on any atom is 0.156 e. The first-order valence-corrected chi connectivity index (χ1v) is 12.0. The average Bonchev–Trinajstić information content (AvgIpc) is 3.28. The van der Waals surface area contributed by atoms with E-state index in [1.165, 1.54) is 11.1 Å². The number of nitrogens with zero attached hydrogens (tertiary/aromatic N) is 2. The second kappa shape index (κ2) is 8.09. The van der Waals surface area contributed by atoms with Crippen molar-refractivity contribution in [3.63, 3.8) is 0 Å². The van der Waals surface area contributed by atoms with Crippen LogP contribution in [0.1, 0.15) is 61.8 Å². The van der Waals surface area contributed by atoms with Gasteiger partial charge in [0.1, 0.15) is 11.2 Å². The molecule has 2 aliphatic heterocycles. The van der Waals surface area contributed by atoms with Gasteiger partial charge in [-0.1, -0.05) is 48.5 Å². The molecule has 2 N–H and O–H groups in total. The summed E-state index contributed by atoms with van der Waals surface area (Å²) in [7, 11) is 3.43. The van der Waals surface area contributed by atoms with Gasteiger partial charge in [-0.3, -0.25) is 9.98 Å². The van der Waals surface area contributed by atoms with Crippen LogP contribution < -0.4 is 0 Å². The van der Waals surface area contributed by atoms with Crippen LogP contribution in [0.3, 0.4) is 0 Å². The Hall–Kier alpha value is -2.38. The molecule has 180 valence electrons. The molecule has 0 fully saturated rings. The molecule has 2 heterocycles. The zero-order valence-corrected chi connectivity index (χ0v) is 20.5. The van der Waals surface area contributed by atoms with Crippen LogP contribution in [0, 0.1) is 0 Å². The first-order chi connectivity index (χ1) is 16.1. The van der Waals surface area contributed by atoms with Crippen LogP contribution in [0.25, 0.3) is 0 Å². The molecule has 0 spiro atoms. The van der Waals surface area contributed by atoms with E-state index in [4.69, 9.17) is 9.47 Å². The zero-order chi connectivity index (χ0) is 24.2. The molecule has 0 saturated heterocycles. The Bertz CT molecular complexity index is 1080. The standard InChI is InChI=1S/2C14H17NO2/c2*1-13(16)9-14(17-2)8-7-10-5-3-4-6-11(10)12(14)15-13/h2*3-6,16H,7-9H2,1-2H3/t2*13-,14-/m11/s1. The van der Waals surface area contributed by atoms with Crippen LogP contribution >= 0.6 is 0 Å². The van der Waals surface area contributed by atoms with Crippen molar-refractivity contribution < 1.29 is 19.7 Å². The van der Waals surface area contributed by atoms with E-state index in [0.717, 1.165) is 48.2 Å². The van der Waals surface area contributed by atoms with Gasteiger partial charge in [-0.25, -0.2) is 0 Å². The molecule has 6 nitrogen and oxygen atoms in total. The van der Waals surface area contributed by atoms with Gasteiger partial charge in [-0.15, -0.1) is 0 Å². The lowest BCUT2D eigenvalue weighted by Crippen LogP contribution is -2.43. The van der Waals surface area contributed by atoms with Crippen molar-refractivity contribution in [1.82, 2.24) is 0 Å². The normalized spacial score (nSPS) is 35.1. The Morgan fingerprint density at radius 1 is 0.676 bits per heavy atom. The number of benzene rings is 2. The van der Waals surface area contributed by atoms with E-state index in [-0.39, 0.29) is 0 Å². The third-order valence-corrected chi connectivity index (χ3v) is 7.73. The summed E-state index contributed by atoms with van der Waals surface area (Å²) >= 11 is 0. The number of hydrogen-bond donors (Lipinski definition) is 2. The summed E-state index contributed by atoms with van der Waals surface area (Å²) in [5.41, 5.74) is 3.95. The van der Waals surface area contributed by atoms with Crippen LogP contribution in [0.2, 0.25) is 0 Å². The molecular formula is C28H34N2O4. The van der Waals surface area contributed by atoms with E-state index < -0.39 is 22.7 Å². The summed E-state index contributed by atoms with van der Waals surface area (Å²) in [6, 6.07) is 16.5. The fourth-order valence-electron chi connectivity index (χ4n) is 6.19. The van der Waals surface area contributed by atoms with E-state index >= 15 is 0 Å². The Morgan fingerprint density at radius 3 is 1.44 bits per heavy atom. The van der Waals surface area contributed by atoms with Gasteiger partial charge in [-0.2, -0.15) is 0 Å². The highest BCUT2D eigenvalue weighted by Gasteiger charge is 2.51. The molecule has 2 aliphatic carbocycles. The van der Waals surface area contributed by atoms with E-state index in [1.54, 1.807) is 28.1 Å². The summed E-state index contributed by atoms with van der Waals surface area (Å²) in [6.45, 7) is 3.50. The fourth-order valence-corrected chi connectivity index (χ4v) is 6.19. The summed E-state index contributed by atoms with van der Waals surface area (Å²) in [4.78, 5) is 8.95. The lowest BCUT2D eigenvalue weighted by Gasteiger charge is -2.35. The van der Waals surface area contributed by atoms with Crippen LogP contribution in [-0.4, -0.2) is 58.5 Å². The molecule has 0 saturated carbocycles. The van der Waals surface area contributed by atoms with E-state index in [2.05, 4.69) is 34.3 Å². The third-order valence-electron chi connectivity index (χ3n) is 7.73. The fraction of sp³-hybridized carbons (Fsp3) is 0.500. The summed E-state index contributed by atoms with van der Waals surface area (Å²) < 4.78 is 11.4. The van der Waals surface area contributed by atoms with E-state index in [9.17, 15) is 10.2 Å². The number of aryl methyl sites for hydroxylation is 2. The second-order valence-electron chi connectivity index (χ2n) is 10.4. The Labute approximate surface area is 201 Å². The average molecular weight is 463 g/mol. The number of rotatable bonds is 2. The van der Waals surface area contributed by atoms with Gasteiger partial charge in [0.2, 0.25) is 0 Å². The molecule has 0 amide bonds. The van der Waals surface area contributed by atoms with Gasteiger partial charge in [0.05, 0.1) is 11.4 Å². The van der Waals surface area contributed by atoms with E-state index in [1.807, 2.05) is 24.3 Å². The van der Waals surface area contributed by atoms with Crippen molar-refractivity contribution >= 4 is 11.4 Å². The molecule has 2 aromatic carbocycles. The molecule has 6 rings (SSSR count). The number of fused-ring (bicyclic) bond motifs is 6. The molecule has 0 aromatic heterocycles. The Balaban J connectivity index is 0.000000142. The van der Waals surface area contributed by atoms with Crippen LogP contribution in [-0.2, 0) is 22.3 Å². The van der Waals surface area contributed by atoms with Gasteiger partial charge in [0.15, 0.2) is 11.4 Å². The van der Waals surface area contributed by atoms with Gasteiger partial charge in [0, 0.05) is 38.2 Å². The molecule has 0 unspecified atom stereocenters. The predicted octanol–water partition coefficient (Wildman–Crippen LogP) is 3.84. The molecule has 34 heavy (non-hydrogen) atoms. The predicted molar refractivity (Wildman–Crippen MR) is 133 cm³/mol. The number of ether oxygens (including phenoxy) is 2. The van der Waals surface area contributed by atoms with Crippen LogP contribution in [0.4, 0.5) is 0 Å². The smallest absolute Gasteiger partial charge is 0.156 e. The highest BCUT2D eigenvalue weighted by molar-refractivity contribution is 6.10. The minimum Gasteiger partial charge on any atom is -0.372 e. The maximum absolute atomic E-state index is 10.2. The largest absolute Gasteiger partial charge is 0.372 e. The van der Waals surface area contributed by atoms with Gasteiger partial charge in [-0.05, 0) is 50.7 Å². The zero-order valence-electron chi connectivity index (χ0n) is 20.5. The van der Waals surface area contributed by atoms with Crippen LogP contribution in [0.15, 0.2) is 58.5 Å². The van der Waals surface area contributed by atoms with Crippen molar-refractivity contribution in [2.24, 2.45) is 9.98 Å². The van der Waals surface area contributed by atoms with Gasteiger partial charge >= 0.3 is 0 Å². The minimum absolute atomic E-state index is 0.391. The van der Waals surface area contributed by atoms with Crippen molar-refractivity contribution in [2.75, 3.05) is 14.2 Å². The Morgan fingerprint density at radius 2 is 1.06 bits per heavy atom. The second-order valence-corrected chi connectivity index (χ2v) is 10.4. The first kappa shape index (κ1) is 23.4. The highest BCUT2D eigenvalue weighted by atomic mass is 16.5. The minimum atomic E-state index is -0.997. The monoisotopic (exact) mass is 462 g/mol. The third kappa shape index (κ3) is 3.83. The summed E-state index contributed by atoms with van der Waals surface area (Å²) in [5.74, 6) is 0. The van der Waals surface area contributed by atoms with Gasteiger partial charge < -0.3 is 19.7 Å². The lowest BCUT2D eigenvalue weighted by atomic mass is 9.77. The molecular weight excluding hydrogens is 428 g/mol. The number of aliphatic imine (C=N–C) groups is 2. The highest BCUT2D eigenvalue weighted by Crippen LogP contribution is 2.44. The number of aliphatic hydroxyl groups is 2. The Kier molecular flexibility index (Phi) is 5.56. The molecule has 4 atom stereocenters. The van der Waals surface area contributed by atoms with Crippen molar-refractivity contribution in [2.45, 2.75) is 75.0 Å². The number of hydrogen-bond acceptors (Lipinski definition) is 6. The topological polar surface area (TPSA) is 83.6 Å². The molecule has 2 aromatic rings. The molecule has 6 heteroatoms. The maximum atomic E-state index is 10.2. The SMILES string of the molecule is CO[C@@]12CCc3ccccc3C1=N[C@](C)(O)C2.CO[C@@]12CCc3ccccc3C1=N[C@](C)(O)C2. The van der Waals surface area contributed by atoms with Crippen molar-refractivity contribution in [1.29, 1.82) is 0 Å². The van der Waals surface area contributed by atoms with Crippen molar-refractivity contribution in [3.05, 3.63) is 70.8 Å². The molecule has 4 aliphatic rings. The van der Waals surface area contributed by atoms with Crippen molar-refractivity contribution in [3.8, 4) is 0 Å². The molecule has 0 bridgehead atoms. The number of methoxy groups -OCH3 is 2. The summed E-state index contributed by atoms with van der Waals surface area (Å²) in [5, 5.41) is 20.4. The van der Waals surface area contributed by atoms with Crippen LogP contribution in [0.5, 0.6) is 0 Å². The first-order valence-electron chi connectivity index (χ1n) is 12.0. The molecule has 0 radical (unpaired) electrons. The van der Waals surface area contributed by atoms with E-state index in [0.29, 0.717) is 12.8 Å². The lowest BCUT2D eigenvalue weighted by molar-refractivity contribution is -0.0222. The van der Waals surface area contributed by atoms with Gasteiger partial charge in [0.25, 0.3) is 0 Å². The quantitative estimate of drug-likeness (QED) is 0.710. The summed E-state index contributed by atoms with van der Waals surface area (Å²) in [6.07, 6.45) is 4.88.